The molecule has 5 rings (SSSR count). The molecule has 0 bridgehead atoms. The normalized spacial score (nSPS) is 17.4. The zero-order chi connectivity index (χ0) is 18.5. The number of carbonyl (C=O) groups excluding carboxylic acids is 1. The van der Waals surface area contributed by atoms with Crippen LogP contribution in [0.15, 0.2) is 109 Å². The van der Waals surface area contributed by atoms with Crippen LogP contribution in [0.1, 0.15) is 27.9 Å². The van der Waals surface area contributed by atoms with Gasteiger partial charge < -0.3 is 4.74 Å². The number of fused-ring (bicyclic) bond motifs is 1. The van der Waals surface area contributed by atoms with Crippen molar-refractivity contribution in [1.29, 1.82) is 0 Å². The second-order valence-electron chi connectivity index (χ2n) is 6.53. The fourth-order valence-electron chi connectivity index (χ4n) is 3.49. The summed E-state index contributed by atoms with van der Waals surface area (Å²) in [5, 5.41) is 0. The molecule has 4 aromatic rings. The van der Waals surface area contributed by atoms with E-state index in [0.717, 1.165) is 11.1 Å². The molecule has 0 saturated carbocycles. The van der Waals surface area contributed by atoms with Crippen LogP contribution in [0.3, 0.4) is 0 Å². The Kier molecular flexibility index (Phi) is 6.30. The average molecular weight is 408 g/mol. The van der Waals surface area contributed by atoms with Gasteiger partial charge in [0.1, 0.15) is 11.4 Å². The predicted molar refractivity (Wildman–Crippen MR) is 107 cm³/mol. The molecule has 4 aromatic carbocycles. The molecule has 140 valence electrons. The van der Waals surface area contributed by atoms with Gasteiger partial charge in [-0.15, -0.1) is 5.56 Å². The van der Waals surface area contributed by atoms with E-state index in [0.29, 0.717) is 17.7 Å². The molecule has 0 fully saturated rings. The van der Waals surface area contributed by atoms with E-state index in [1.807, 2.05) is 109 Å². The van der Waals surface area contributed by atoms with Crippen LogP contribution in [0, 0.1) is 0 Å². The fourth-order valence-corrected chi connectivity index (χ4v) is 3.49. The molecule has 1 unspecified atom stereocenters. The van der Waals surface area contributed by atoms with E-state index in [4.69, 9.17) is 4.74 Å². The quantitative estimate of drug-likeness (QED) is 0.313. The molecule has 0 N–H and O–H groups in total. The topological polar surface area (TPSA) is 26.3 Å². The number of ketones is 1. The molecule has 1 aliphatic rings. The van der Waals surface area contributed by atoms with Crippen LogP contribution in [0.25, 0.3) is 0 Å². The number of benzene rings is 2. The summed E-state index contributed by atoms with van der Waals surface area (Å²) in [7, 11) is 0. The third-order valence-electron chi connectivity index (χ3n) is 4.81. The molecular formula is C25H20FeO2. The van der Waals surface area contributed by atoms with Gasteiger partial charge >= 0.3 is 17.1 Å². The third-order valence-corrected chi connectivity index (χ3v) is 4.81. The second-order valence-corrected chi connectivity index (χ2v) is 6.53. The standard InChI is InChI=1S/C20H15O2.C5H5.Fe/c21-18-14-20(16-10-4-5-11-16,15-8-2-1-3-9-15)22-19-13-7-6-12-17(18)19;1-2-4-5-3-1;/h1-13H,14H2;1-5H;/q2*-1;+2. The van der Waals surface area contributed by atoms with Gasteiger partial charge in [-0.1, -0.05) is 42.5 Å². The summed E-state index contributed by atoms with van der Waals surface area (Å²) in [5.41, 5.74) is 1.95. The first-order valence-electron chi connectivity index (χ1n) is 9.05. The van der Waals surface area contributed by atoms with Crippen molar-refractivity contribution in [2.75, 3.05) is 0 Å². The Morgan fingerprint density at radius 2 is 1.46 bits per heavy atom. The molecule has 0 aliphatic carbocycles. The summed E-state index contributed by atoms with van der Waals surface area (Å²) in [5.74, 6) is 0.774. The monoisotopic (exact) mass is 408 g/mol. The molecule has 3 heteroatoms. The van der Waals surface area contributed by atoms with Gasteiger partial charge in [-0.3, -0.25) is 4.79 Å². The maximum absolute atomic E-state index is 12.7. The van der Waals surface area contributed by atoms with Crippen LogP contribution < -0.4 is 4.74 Å². The number of ether oxygens (including phenoxy) is 1. The number of Topliss-reactive ketones (excluding diaryl/α,β-unsaturated/α-hetero) is 1. The largest absolute Gasteiger partial charge is 2.00 e. The van der Waals surface area contributed by atoms with Crippen LogP contribution in [-0.2, 0) is 22.7 Å². The zero-order valence-corrected chi connectivity index (χ0v) is 16.4. The van der Waals surface area contributed by atoms with Crippen molar-refractivity contribution in [3.63, 3.8) is 0 Å². The summed E-state index contributed by atoms with van der Waals surface area (Å²) >= 11 is 0. The fraction of sp³-hybridized carbons (Fsp3) is 0.0800. The first kappa shape index (κ1) is 19.9. The molecule has 2 nitrogen and oxygen atoms in total. The smallest absolute Gasteiger partial charge is 0.489 e. The molecule has 0 radical (unpaired) electrons. The SMILES string of the molecule is O=C1CC(c2ccccc2)([c-]2cccc2)Oc2ccccc21.[Fe+2].c1cc[cH-]c1. The van der Waals surface area contributed by atoms with E-state index in [-0.39, 0.29) is 22.9 Å². The Morgan fingerprint density at radius 3 is 2.11 bits per heavy atom. The predicted octanol–water partition coefficient (Wildman–Crippen LogP) is 5.72. The van der Waals surface area contributed by atoms with Gasteiger partial charge in [0.2, 0.25) is 0 Å². The van der Waals surface area contributed by atoms with Crippen molar-refractivity contribution in [3.8, 4) is 5.75 Å². The number of para-hydroxylation sites is 1. The summed E-state index contributed by atoms with van der Waals surface area (Å²) < 4.78 is 6.40. The first-order valence-corrected chi connectivity index (χ1v) is 9.05. The number of rotatable bonds is 2. The van der Waals surface area contributed by atoms with Crippen molar-refractivity contribution < 1.29 is 26.6 Å². The van der Waals surface area contributed by atoms with Crippen LogP contribution in [0.2, 0.25) is 0 Å². The summed E-state index contributed by atoms with van der Waals surface area (Å²) in [4.78, 5) is 12.7. The number of hydrogen-bond acceptors (Lipinski definition) is 2. The van der Waals surface area contributed by atoms with Crippen LogP contribution in [-0.4, -0.2) is 5.78 Å². The molecule has 28 heavy (non-hydrogen) atoms. The van der Waals surface area contributed by atoms with Crippen molar-refractivity contribution in [2.24, 2.45) is 0 Å². The molecule has 0 spiro atoms. The van der Waals surface area contributed by atoms with Gasteiger partial charge in [0, 0.05) is 6.42 Å². The van der Waals surface area contributed by atoms with Gasteiger partial charge in [-0.2, -0.15) is 30.3 Å². The molecule has 0 aromatic heterocycles. The van der Waals surface area contributed by atoms with Gasteiger partial charge in [-0.25, -0.2) is 24.3 Å². The Balaban J connectivity index is 0.000000329. The molecule has 0 saturated heterocycles. The number of carbonyl (C=O) groups is 1. The van der Waals surface area contributed by atoms with E-state index < -0.39 is 5.60 Å². The van der Waals surface area contributed by atoms with E-state index in [9.17, 15) is 4.79 Å². The second kappa shape index (κ2) is 8.88. The Bertz CT molecular complexity index is 971. The minimum absolute atomic E-state index is 0. The van der Waals surface area contributed by atoms with Crippen LogP contribution in [0.4, 0.5) is 0 Å². The molecule has 1 aliphatic heterocycles. The van der Waals surface area contributed by atoms with Gasteiger partial charge in [0.25, 0.3) is 0 Å². The van der Waals surface area contributed by atoms with E-state index in [1.165, 1.54) is 0 Å². The molecular weight excluding hydrogens is 388 g/mol. The van der Waals surface area contributed by atoms with Gasteiger partial charge in [-0.05, 0) is 17.7 Å². The number of hydrogen-bond donors (Lipinski definition) is 0. The summed E-state index contributed by atoms with van der Waals surface area (Å²) in [6.45, 7) is 0. The maximum Gasteiger partial charge on any atom is 2.00 e. The molecule has 1 atom stereocenters. The van der Waals surface area contributed by atoms with E-state index >= 15 is 0 Å². The van der Waals surface area contributed by atoms with Crippen molar-refractivity contribution in [3.05, 3.63) is 126 Å². The van der Waals surface area contributed by atoms with Crippen molar-refractivity contribution >= 4 is 5.78 Å². The van der Waals surface area contributed by atoms with E-state index in [2.05, 4.69) is 0 Å². The van der Waals surface area contributed by atoms with Crippen LogP contribution >= 0.6 is 0 Å². The van der Waals surface area contributed by atoms with Crippen LogP contribution in [0.5, 0.6) is 5.75 Å². The Labute approximate surface area is 176 Å². The Morgan fingerprint density at radius 1 is 0.821 bits per heavy atom. The first-order chi connectivity index (χ1) is 13.3. The van der Waals surface area contributed by atoms with Gasteiger partial charge in [0.05, 0.1) is 5.56 Å². The summed E-state index contributed by atoms with van der Waals surface area (Å²) in [6.07, 6.45) is 0.317. The zero-order valence-electron chi connectivity index (χ0n) is 15.3. The van der Waals surface area contributed by atoms with E-state index in [1.54, 1.807) is 0 Å². The average Bonchev–Trinajstić information content (AvgIpc) is 3.45. The summed E-state index contributed by atoms with van der Waals surface area (Å²) in [6, 6.07) is 35.5. The minimum Gasteiger partial charge on any atom is -0.489 e. The molecule has 0 amide bonds. The van der Waals surface area contributed by atoms with Gasteiger partial charge in [0.15, 0.2) is 5.78 Å². The van der Waals surface area contributed by atoms with Crippen molar-refractivity contribution in [2.45, 2.75) is 12.0 Å². The minimum atomic E-state index is -0.740. The Hall–Kier alpha value is -2.87. The van der Waals surface area contributed by atoms with Crippen molar-refractivity contribution in [1.82, 2.24) is 0 Å². The third kappa shape index (κ3) is 3.87. The maximum atomic E-state index is 12.7. The molecule has 1 heterocycles.